The van der Waals surface area contributed by atoms with Crippen molar-refractivity contribution in [3.8, 4) is 22.9 Å². The molecule has 158 valence electrons. The zero-order chi connectivity index (χ0) is 21.8. The number of nitrogens with zero attached hydrogens (tertiary/aromatic N) is 1. The van der Waals surface area contributed by atoms with Crippen LogP contribution in [-0.2, 0) is 29.6 Å². The molecule has 0 bridgehead atoms. The fourth-order valence-corrected chi connectivity index (χ4v) is 2.28. The molecule has 6 heteroatoms. The topological polar surface area (TPSA) is 68.6 Å². The molecule has 0 aromatic heterocycles. The predicted octanol–water partition coefficient (Wildman–Crippen LogP) is 5.54. The monoisotopic (exact) mass is 591 g/mol. The molecule has 0 fully saturated rings. The third-order valence-corrected chi connectivity index (χ3v) is 3.75. The molecule has 31 heavy (non-hydrogen) atoms. The van der Waals surface area contributed by atoms with Crippen molar-refractivity contribution in [2.24, 2.45) is 0 Å². The molecule has 5 nitrogen and oxygen atoms in total. The van der Waals surface area contributed by atoms with Gasteiger partial charge < -0.3 is 9.62 Å². The van der Waals surface area contributed by atoms with Crippen LogP contribution in [-0.4, -0.2) is 12.6 Å². The second-order valence-electron chi connectivity index (χ2n) is 6.23. The Labute approximate surface area is 195 Å². The Morgan fingerprint density at radius 1 is 1.03 bits per heavy atom. The molecule has 0 heterocycles. The van der Waals surface area contributed by atoms with Crippen LogP contribution < -0.4 is 4.74 Å². The number of nitriles is 1. The molecule has 0 atom stereocenters. The summed E-state index contributed by atoms with van der Waals surface area (Å²) >= 11 is 0. The van der Waals surface area contributed by atoms with Gasteiger partial charge in [-0.2, -0.15) is 42.7 Å². The summed E-state index contributed by atoms with van der Waals surface area (Å²) in [6.07, 6.45) is 0. The van der Waals surface area contributed by atoms with Crippen molar-refractivity contribution in [2.45, 2.75) is 6.92 Å². The minimum Gasteiger partial charge on any atom is -0.424 e. The molecular formula is C25H21NO4Os. The van der Waals surface area contributed by atoms with E-state index in [1.54, 1.807) is 48.5 Å². The summed E-state index contributed by atoms with van der Waals surface area (Å²) in [5, 5.41) is 8.81. The largest absolute Gasteiger partial charge is 2.00 e. The molecule has 3 rings (SSSR count). The standard InChI is InChI=1S/C20H12NO2.C5H9O2.Os/c21-14-15-6-8-16(9-7-15)17-10-12-19(13-11-17)23-20(22)18-4-2-1-3-5-18;1-5(2)4-7-6-3;/h2-13H;1,3-4H2,2H3;/q2*-1;+2. The van der Waals surface area contributed by atoms with E-state index in [9.17, 15) is 4.79 Å². The maximum atomic E-state index is 12.0. The van der Waals surface area contributed by atoms with E-state index in [4.69, 9.17) is 10.00 Å². The molecule has 3 aromatic rings. The number of rotatable bonds is 6. The number of carbonyl (C=O) groups excluding carboxylic acids is 1. The van der Waals surface area contributed by atoms with Crippen LogP contribution in [0.5, 0.6) is 5.75 Å². The van der Waals surface area contributed by atoms with Gasteiger partial charge in [0.1, 0.15) is 5.75 Å². The normalized spacial score (nSPS) is 9.32. The van der Waals surface area contributed by atoms with E-state index in [1.165, 1.54) is 0 Å². The summed E-state index contributed by atoms with van der Waals surface area (Å²) in [5.74, 6) is 0.0883. The molecule has 0 N–H and O–H groups in total. The quantitative estimate of drug-likeness (QED) is 0.0943. The molecule has 0 aliphatic rings. The van der Waals surface area contributed by atoms with Gasteiger partial charge in [0, 0.05) is 0 Å². The average molecular weight is 590 g/mol. The summed E-state index contributed by atoms with van der Waals surface area (Å²) in [6, 6.07) is 26.2. The van der Waals surface area contributed by atoms with Crippen LogP contribution in [0, 0.1) is 24.5 Å². The van der Waals surface area contributed by atoms with Crippen LogP contribution in [0.2, 0.25) is 0 Å². The van der Waals surface area contributed by atoms with Gasteiger partial charge in [0.25, 0.3) is 0 Å². The molecular weight excluding hydrogens is 569 g/mol. The van der Waals surface area contributed by atoms with Crippen LogP contribution in [0.25, 0.3) is 11.1 Å². The zero-order valence-electron chi connectivity index (χ0n) is 17.0. The van der Waals surface area contributed by atoms with E-state index < -0.39 is 5.97 Å². The number of benzene rings is 3. The number of carbonyl (C=O) groups is 1. The first-order valence-electron chi connectivity index (χ1n) is 9.00. The van der Waals surface area contributed by atoms with Gasteiger partial charge in [0.15, 0.2) is 0 Å². The minimum absolute atomic E-state index is 0. The molecule has 3 aromatic carbocycles. The fourth-order valence-electron chi connectivity index (χ4n) is 2.28. The van der Waals surface area contributed by atoms with Gasteiger partial charge in [0.2, 0.25) is 0 Å². The molecule has 0 unspecified atom stereocenters. The van der Waals surface area contributed by atoms with Crippen molar-refractivity contribution in [3.05, 3.63) is 109 Å². The van der Waals surface area contributed by atoms with E-state index in [0.29, 0.717) is 23.5 Å². The zero-order valence-corrected chi connectivity index (χ0v) is 19.5. The molecule has 0 spiro atoms. The third-order valence-electron chi connectivity index (χ3n) is 3.75. The van der Waals surface area contributed by atoms with Gasteiger partial charge >= 0.3 is 25.8 Å². The second-order valence-corrected chi connectivity index (χ2v) is 6.23. The van der Waals surface area contributed by atoms with Crippen molar-refractivity contribution in [2.75, 3.05) is 6.61 Å². The first-order chi connectivity index (χ1) is 14.5. The molecule has 0 amide bonds. The van der Waals surface area contributed by atoms with Gasteiger partial charge in [0.05, 0.1) is 18.2 Å². The minimum atomic E-state index is -0.398. The number of hydrogen-bond acceptors (Lipinski definition) is 5. The van der Waals surface area contributed by atoms with Crippen LogP contribution in [0.4, 0.5) is 0 Å². The van der Waals surface area contributed by atoms with Crippen molar-refractivity contribution >= 4 is 5.97 Å². The Balaban J connectivity index is 0.000000523. The summed E-state index contributed by atoms with van der Waals surface area (Å²) < 4.78 is 5.33. The van der Waals surface area contributed by atoms with E-state index >= 15 is 0 Å². The van der Waals surface area contributed by atoms with Crippen LogP contribution in [0.3, 0.4) is 0 Å². The Kier molecular flexibility index (Phi) is 11.7. The molecule has 0 aliphatic heterocycles. The van der Waals surface area contributed by atoms with E-state index in [0.717, 1.165) is 16.7 Å². The maximum Gasteiger partial charge on any atom is 2.00 e. The summed E-state index contributed by atoms with van der Waals surface area (Å²) in [4.78, 5) is 20.4. The van der Waals surface area contributed by atoms with Crippen molar-refractivity contribution in [1.82, 2.24) is 0 Å². The number of ether oxygens (including phenoxy) is 1. The smallest absolute Gasteiger partial charge is 0.424 e. The van der Waals surface area contributed by atoms with Crippen molar-refractivity contribution in [1.29, 1.82) is 5.26 Å². The Morgan fingerprint density at radius 2 is 1.58 bits per heavy atom. The van der Waals surface area contributed by atoms with E-state index in [2.05, 4.69) is 35.6 Å². The second kappa shape index (κ2) is 14.0. The number of esters is 1. The van der Waals surface area contributed by atoms with Crippen LogP contribution >= 0.6 is 0 Å². The van der Waals surface area contributed by atoms with Gasteiger partial charge in [-0.15, -0.1) is 0 Å². The van der Waals surface area contributed by atoms with Gasteiger partial charge in [-0.25, -0.2) is 4.79 Å². The van der Waals surface area contributed by atoms with Crippen molar-refractivity contribution < 1.29 is 39.1 Å². The summed E-state index contributed by atoms with van der Waals surface area (Å²) in [5.41, 5.74) is 4.02. The SMILES string of the molecule is C=C(C)COO[CH2-].N#Cc1ccc(-c2ccc(OC(=O)c3cc[c-]cc3)cc2)cc1.[Os+2]. The Hall–Kier alpha value is -3.08. The van der Waals surface area contributed by atoms with Crippen molar-refractivity contribution in [3.63, 3.8) is 0 Å². The Morgan fingerprint density at radius 3 is 2.03 bits per heavy atom. The van der Waals surface area contributed by atoms with Gasteiger partial charge in [-0.1, -0.05) is 36.4 Å². The summed E-state index contributed by atoms with van der Waals surface area (Å²) in [6.45, 7) is 5.83. The molecule has 0 aliphatic carbocycles. The molecule has 0 radical (unpaired) electrons. The Bertz CT molecular complexity index is 994. The van der Waals surface area contributed by atoms with E-state index in [-0.39, 0.29) is 19.8 Å². The van der Waals surface area contributed by atoms with Crippen LogP contribution in [0.1, 0.15) is 22.8 Å². The molecule has 0 saturated carbocycles. The van der Waals surface area contributed by atoms with Crippen LogP contribution in [0.15, 0.2) is 84.9 Å². The van der Waals surface area contributed by atoms with Gasteiger partial charge in [-0.3, -0.25) is 4.89 Å². The third kappa shape index (κ3) is 9.07. The summed E-state index contributed by atoms with van der Waals surface area (Å²) in [7, 11) is 2.99. The fraction of sp³-hybridized carbons (Fsp3) is 0.0800. The predicted molar refractivity (Wildman–Crippen MR) is 114 cm³/mol. The first kappa shape index (κ1) is 26.0. The average Bonchev–Trinajstić information content (AvgIpc) is 2.79. The maximum absolute atomic E-state index is 12.0. The van der Waals surface area contributed by atoms with E-state index in [1.807, 2.05) is 31.2 Å². The first-order valence-corrected chi connectivity index (χ1v) is 9.00. The number of hydrogen-bond donors (Lipinski definition) is 0. The van der Waals surface area contributed by atoms with Gasteiger partial charge in [-0.05, 0) is 47.9 Å². The molecule has 0 saturated heterocycles.